The van der Waals surface area contributed by atoms with E-state index in [0.717, 1.165) is 11.4 Å². The summed E-state index contributed by atoms with van der Waals surface area (Å²) in [6, 6.07) is 4.35. The lowest BCUT2D eigenvalue weighted by Crippen LogP contribution is -1.94. The third kappa shape index (κ3) is 1.11. The lowest BCUT2D eigenvalue weighted by atomic mass is 10.3. The molecule has 0 saturated heterocycles. The van der Waals surface area contributed by atoms with Crippen molar-refractivity contribution in [2.24, 2.45) is 4.99 Å². The standard InChI is InChI=1S/C9H10N2/c1-7-4-5-9(11-7)8-3-2-6-10-8/h2-7,10H,1H3. The molecule has 2 nitrogen and oxygen atoms in total. The molecule has 0 fully saturated rings. The van der Waals surface area contributed by atoms with Gasteiger partial charge in [-0.15, -0.1) is 0 Å². The van der Waals surface area contributed by atoms with Gasteiger partial charge in [0.05, 0.1) is 17.4 Å². The molecule has 0 aromatic carbocycles. The van der Waals surface area contributed by atoms with Crippen LogP contribution in [0.4, 0.5) is 0 Å². The van der Waals surface area contributed by atoms with E-state index in [1.807, 2.05) is 18.3 Å². The van der Waals surface area contributed by atoms with Crippen molar-refractivity contribution in [3.05, 3.63) is 36.2 Å². The number of aromatic nitrogens is 1. The van der Waals surface area contributed by atoms with E-state index >= 15 is 0 Å². The Morgan fingerprint density at radius 3 is 3.00 bits per heavy atom. The summed E-state index contributed by atoms with van der Waals surface area (Å²) in [5, 5.41) is 0. The van der Waals surface area contributed by atoms with E-state index in [1.165, 1.54) is 0 Å². The van der Waals surface area contributed by atoms with Crippen molar-refractivity contribution in [2.45, 2.75) is 13.0 Å². The minimum atomic E-state index is 0.341. The maximum absolute atomic E-state index is 4.41. The Hall–Kier alpha value is -1.31. The minimum absolute atomic E-state index is 0.341. The fraction of sp³-hybridized carbons (Fsp3) is 0.222. The molecule has 1 N–H and O–H groups in total. The van der Waals surface area contributed by atoms with Crippen molar-refractivity contribution in [3.8, 4) is 0 Å². The summed E-state index contributed by atoms with van der Waals surface area (Å²) in [4.78, 5) is 7.52. The van der Waals surface area contributed by atoms with Gasteiger partial charge in [0.2, 0.25) is 0 Å². The molecule has 1 aromatic rings. The average Bonchev–Trinajstić information content (AvgIpc) is 2.55. The van der Waals surface area contributed by atoms with Crippen molar-refractivity contribution in [1.29, 1.82) is 0 Å². The molecular weight excluding hydrogens is 136 g/mol. The van der Waals surface area contributed by atoms with Crippen LogP contribution in [0.1, 0.15) is 12.6 Å². The summed E-state index contributed by atoms with van der Waals surface area (Å²) in [5.74, 6) is 0. The second-order valence-corrected chi connectivity index (χ2v) is 2.70. The second kappa shape index (κ2) is 2.38. The van der Waals surface area contributed by atoms with Gasteiger partial charge in [0, 0.05) is 6.20 Å². The second-order valence-electron chi connectivity index (χ2n) is 2.70. The maximum atomic E-state index is 4.41. The van der Waals surface area contributed by atoms with Gasteiger partial charge in [-0.25, -0.2) is 0 Å². The summed E-state index contributed by atoms with van der Waals surface area (Å²) >= 11 is 0. The van der Waals surface area contributed by atoms with Crippen LogP contribution in [0, 0.1) is 0 Å². The highest BCUT2D eigenvalue weighted by Crippen LogP contribution is 2.08. The first kappa shape index (κ1) is 6.40. The molecule has 1 aliphatic heterocycles. The quantitative estimate of drug-likeness (QED) is 0.625. The van der Waals surface area contributed by atoms with E-state index in [9.17, 15) is 0 Å². The highest BCUT2D eigenvalue weighted by Gasteiger charge is 2.07. The Morgan fingerprint density at radius 1 is 1.55 bits per heavy atom. The molecular formula is C9H10N2. The van der Waals surface area contributed by atoms with Crippen molar-refractivity contribution in [1.82, 2.24) is 4.98 Å². The lowest BCUT2D eigenvalue weighted by Gasteiger charge is -1.93. The smallest absolute Gasteiger partial charge is 0.0813 e. The van der Waals surface area contributed by atoms with Gasteiger partial charge in [0.25, 0.3) is 0 Å². The molecule has 2 heterocycles. The van der Waals surface area contributed by atoms with Gasteiger partial charge in [-0.2, -0.15) is 0 Å². The largest absolute Gasteiger partial charge is 0.360 e. The Morgan fingerprint density at radius 2 is 2.45 bits per heavy atom. The van der Waals surface area contributed by atoms with Crippen LogP contribution < -0.4 is 0 Å². The van der Waals surface area contributed by atoms with E-state index in [-0.39, 0.29) is 0 Å². The molecule has 56 valence electrons. The van der Waals surface area contributed by atoms with Crippen molar-refractivity contribution in [2.75, 3.05) is 0 Å². The van der Waals surface area contributed by atoms with Crippen molar-refractivity contribution in [3.63, 3.8) is 0 Å². The summed E-state index contributed by atoms with van der Waals surface area (Å²) < 4.78 is 0. The molecule has 0 radical (unpaired) electrons. The van der Waals surface area contributed by atoms with Crippen LogP contribution in [0.3, 0.4) is 0 Å². The summed E-state index contributed by atoms with van der Waals surface area (Å²) in [6.07, 6.45) is 6.06. The number of nitrogens with zero attached hydrogens (tertiary/aromatic N) is 1. The van der Waals surface area contributed by atoms with Gasteiger partial charge in [0.1, 0.15) is 0 Å². The fourth-order valence-corrected chi connectivity index (χ4v) is 1.18. The Labute approximate surface area is 65.7 Å². The zero-order chi connectivity index (χ0) is 7.68. The summed E-state index contributed by atoms with van der Waals surface area (Å²) in [6.45, 7) is 2.08. The van der Waals surface area contributed by atoms with Crippen molar-refractivity contribution < 1.29 is 0 Å². The van der Waals surface area contributed by atoms with Gasteiger partial charge in [-0.3, -0.25) is 4.99 Å². The van der Waals surface area contributed by atoms with Crippen LogP contribution >= 0.6 is 0 Å². The number of aromatic amines is 1. The molecule has 1 aliphatic rings. The van der Waals surface area contributed by atoms with E-state index in [1.54, 1.807) is 0 Å². The molecule has 0 spiro atoms. The normalized spacial score (nSPS) is 22.3. The van der Waals surface area contributed by atoms with Crippen molar-refractivity contribution >= 4 is 5.71 Å². The topological polar surface area (TPSA) is 28.1 Å². The fourth-order valence-electron chi connectivity index (χ4n) is 1.18. The zero-order valence-corrected chi connectivity index (χ0v) is 6.41. The lowest BCUT2D eigenvalue weighted by molar-refractivity contribution is 0.946. The van der Waals surface area contributed by atoms with Crippen LogP contribution in [0.25, 0.3) is 0 Å². The predicted molar refractivity (Wildman–Crippen MR) is 45.9 cm³/mol. The van der Waals surface area contributed by atoms with E-state index < -0.39 is 0 Å². The molecule has 0 bridgehead atoms. The molecule has 1 aromatic heterocycles. The van der Waals surface area contributed by atoms with Crippen LogP contribution in [0.15, 0.2) is 35.5 Å². The monoisotopic (exact) mass is 146 g/mol. The van der Waals surface area contributed by atoms with Gasteiger partial charge < -0.3 is 4.98 Å². The van der Waals surface area contributed by atoms with E-state index in [4.69, 9.17) is 0 Å². The van der Waals surface area contributed by atoms with Gasteiger partial charge in [0.15, 0.2) is 0 Å². The maximum Gasteiger partial charge on any atom is 0.0813 e. The Bertz CT molecular complexity index is 293. The highest BCUT2D eigenvalue weighted by atomic mass is 14.8. The van der Waals surface area contributed by atoms with Crippen LogP contribution in [0.5, 0.6) is 0 Å². The molecule has 1 atom stereocenters. The Kier molecular flexibility index (Phi) is 1.39. The van der Waals surface area contributed by atoms with Crippen LogP contribution in [-0.4, -0.2) is 16.7 Å². The number of allylic oxidation sites excluding steroid dienone is 1. The first-order valence-electron chi connectivity index (χ1n) is 3.76. The third-order valence-electron chi connectivity index (χ3n) is 1.75. The first-order chi connectivity index (χ1) is 5.36. The minimum Gasteiger partial charge on any atom is -0.360 e. The van der Waals surface area contributed by atoms with E-state index in [0.29, 0.717) is 6.04 Å². The molecule has 0 amide bonds. The first-order valence-corrected chi connectivity index (χ1v) is 3.76. The molecule has 0 saturated carbocycles. The number of hydrogen-bond acceptors (Lipinski definition) is 1. The van der Waals surface area contributed by atoms with Gasteiger partial charge in [-0.1, -0.05) is 6.08 Å². The number of nitrogens with one attached hydrogen (secondary N) is 1. The number of aliphatic imine (C=N–C) groups is 1. The van der Waals surface area contributed by atoms with Crippen LogP contribution in [-0.2, 0) is 0 Å². The summed E-state index contributed by atoms with van der Waals surface area (Å²) in [7, 11) is 0. The van der Waals surface area contributed by atoms with Gasteiger partial charge in [-0.05, 0) is 25.1 Å². The highest BCUT2D eigenvalue weighted by molar-refractivity contribution is 6.08. The predicted octanol–water partition coefficient (Wildman–Crippen LogP) is 1.76. The molecule has 2 rings (SSSR count). The number of hydrogen-bond donors (Lipinski definition) is 1. The molecule has 2 heteroatoms. The van der Waals surface area contributed by atoms with E-state index in [2.05, 4.69) is 29.1 Å². The number of rotatable bonds is 1. The van der Waals surface area contributed by atoms with Gasteiger partial charge >= 0.3 is 0 Å². The SMILES string of the molecule is CC1C=CC(c2ccc[nH]2)=N1. The Balaban J connectivity index is 2.33. The zero-order valence-electron chi connectivity index (χ0n) is 6.41. The molecule has 11 heavy (non-hydrogen) atoms. The third-order valence-corrected chi connectivity index (χ3v) is 1.75. The average molecular weight is 146 g/mol. The summed E-state index contributed by atoms with van der Waals surface area (Å²) in [5.41, 5.74) is 2.16. The molecule has 1 unspecified atom stereocenters. The van der Waals surface area contributed by atoms with Crippen LogP contribution in [0.2, 0.25) is 0 Å². The number of H-pyrrole nitrogens is 1. The molecule has 0 aliphatic carbocycles.